The summed E-state index contributed by atoms with van der Waals surface area (Å²) >= 11 is 0. The molecule has 1 N–H and O–H groups in total. The highest BCUT2D eigenvalue weighted by Gasteiger charge is 2.20. The van der Waals surface area contributed by atoms with Crippen LogP contribution in [0, 0.1) is 0 Å². The van der Waals surface area contributed by atoms with Gasteiger partial charge in [-0.1, -0.05) is 12.1 Å². The lowest BCUT2D eigenvalue weighted by Gasteiger charge is -2.20. The lowest BCUT2D eigenvalue weighted by atomic mass is 10.1. The monoisotopic (exact) mass is 284 g/mol. The summed E-state index contributed by atoms with van der Waals surface area (Å²) < 4.78 is 1.67. The first-order valence-corrected chi connectivity index (χ1v) is 6.92. The normalized spacial score (nSPS) is 13.2. The van der Waals surface area contributed by atoms with Crippen molar-refractivity contribution in [2.45, 2.75) is 13.0 Å². The molecule has 0 fully saturated rings. The van der Waals surface area contributed by atoms with E-state index in [9.17, 15) is 9.59 Å². The number of benzene rings is 1. The third kappa shape index (κ3) is 2.67. The highest BCUT2D eigenvalue weighted by molar-refractivity contribution is 5.89. The van der Waals surface area contributed by atoms with Gasteiger partial charge in [-0.15, -0.1) is 0 Å². The number of anilines is 1. The fraction of sp³-hybridized carbons (Fsp3) is 0.250. The summed E-state index contributed by atoms with van der Waals surface area (Å²) in [6.45, 7) is 2.15. The molecule has 0 atom stereocenters. The fourth-order valence-corrected chi connectivity index (χ4v) is 2.68. The quantitative estimate of drug-likeness (QED) is 0.926. The lowest BCUT2D eigenvalue weighted by Crippen LogP contribution is -2.29. The zero-order chi connectivity index (χ0) is 14.8. The Bertz CT molecular complexity index is 736. The molecule has 108 valence electrons. The van der Waals surface area contributed by atoms with Gasteiger partial charge in [-0.25, -0.2) is 4.79 Å². The van der Waals surface area contributed by atoms with Crippen LogP contribution in [0.3, 0.4) is 0 Å². The van der Waals surface area contributed by atoms with Gasteiger partial charge in [0, 0.05) is 37.6 Å². The Hall–Kier alpha value is -2.56. The molecule has 0 bridgehead atoms. The first kappa shape index (κ1) is 13.4. The van der Waals surface area contributed by atoms with E-state index < -0.39 is 5.97 Å². The molecule has 0 amide bonds. The van der Waals surface area contributed by atoms with Gasteiger partial charge >= 0.3 is 5.97 Å². The summed E-state index contributed by atoms with van der Waals surface area (Å²) in [7, 11) is 0. The van der Waals surface area contributed by atoms with Gasteiger partial charge in [0.15, 0.2) is 0 Å². The third-order valence-electron chi connectivity index (χ3n) is 3.83. The molecule has 0 aliphatic carbocycles. The van der Waals surface area contributed by atoms with Crippen LogP contribution in [0.2, 0.25) is 0 Å². The molecule has 1 aliphatic heterocycles. The maximum absolute atomic E-state index is 11.7. The molecule has 2 aromatic rings. The Morgan fingerprint density at radius 3 is 2.81 bits per heavy atom. The van der Waals surface area contributed by atoms with Gasteiger partial charge < -0.3 is 14.6 Å². The first-order chi connectivity index (χ1) is 10.1. The van der Waals surface area contributed by atoms with E-state index in [2.05, 4.69) is 4.90 Å². The van der Waals surface area contributed by atoms with Crippen LogP contribution in [-0.2, 0) is 13.0 Å². The number of carboxylic acid groups (broad SMARTS) is 1. The Balaban J connectivity index is 1.78. The molecular weight excluding hydrogens is 268 g/mol. The van der Waals surface area contributed by atoms with Gasteiger partial charge in [0.05, 0.1) is 5.56 Å². The van der Waals surface area contributed by atoms with Crippen molar-refractivity contribution in [3.05, 3.63) is 64.1 Å². The van der Waals surface area contributed by atoms with Crippen molar-refractivity contribution in [1.29, 1.82) is 0 Å². The zero-order valence-electron chi connectivity index (χ0n) is 11.5. The third-order valence-corrected chi connectivity index (χ3v) is 3.83. The molecule has 1 aromatic heterocycles. The molecule has 5 heteroatoms. The maximum atomic E-state index is 11.7. The van der Waals surface area contributed by atoms with E-state index in [1.54, 1.807) is 35.0 Å². The number of nitrogens with zero attached hydrogens (tertiary/aromatic N) is 2. The minimum atomic E-state index is -0.913. The van der Waals surface area contributed by atoms with Crippen molar-refractivity contribution in [2.75, 3.05) is 18.0 Å². The average molecular weight is 284 g/mol. The summed E-state index contributed by atoms with van der Waals surface area (Å²) in [6, 6.07) is 10.4. The zero-order valence-corrected chi connectivity index (χ0v) is 11.5. The number of rotatable bonds is 4. The summed E-state index contributed by atoms with van der Waals surface area (Å²) in [5.41, 5.74) is 2.42. The highest BCUT2D eigenvalue weighted by atomic mass is 16.4. The molecule has 0 unspecified atom stereocenters. The van der Waals surface area contributed by atoms with Gasteiger partial charge in [0.1, 0.15) is 0 Å². The van der Waals surface area contributed by atoms with Gasteiger partial charge in [-0.3, -0.25) is 4.79 Å². The number of pyridine rings is 1. The number of aromatic nitrogens is 1. The fourth-order valence-electron chi connectivity index (χ4n) is 2.68. The summed E-state index contributed by atoms with van der Waals surface area (Å²) in [5, 5.41) is 9.08. The number of carbonyl (C=O) groups is 1. The molecule has 21 heavy (non-hydrogen) atoms. The van der Waals surface area contributed by atoms with E-state index in [0.717, 1.165) is 18.7 Å². The van der Waals surface area contributed by atoms with Crippen LogP contribution >= 0.6 is 0 Å². The lowest BCUT2D eigenvalue weighted by molar-refractivity contribution is 0.0697. The van der Waals surface area contributed by atoms with Gasteiger partial charge in [0.25, 0.3) is 5.56 Å². The molecule has 3 rings (SSSR count). The largest absolute Gasteiger partial charge is 0.478 e. The second kappa shape index (κ2) is 5.44. The van der Waals surface area contributed by atoms with E-state index >= 15 is 0 Å². The minimum Gasteiger partial charge on any atom is -0.478 e. The first-order valence-electron chi connectivity index (χ1n) is 6.92. The molecule has 1 aliphatic rings. The Labute approximate surface area is 122 Å². The van der Waals surface area contributed by atoms with Gasteiger partial charge in [-0.2, -0.15) is 0 Å². The Morgan fingerprint density at radius 2 is 2.05 bits per heavy atom. The van der Waals surface area contributed by atoms with Crippen molar-refractivity contribution in [2.24, 2.45) is 0 Å². The van der Waals surface area contributed by atoms with Crippen LogP contribution in [0.25, 0.3) is 0 Å². The molecule has 0 radical (unpaired) electrons. The van der Waals surface area contributed by atoms with Gasteiger partial charge in [-0.05, 0) is 30.2 Å². The van der Waals surface area contributed by atoms with Crippen molar-refractivity contribution in [3.8, 4) is 0 Å². The van der Waals surface area contributed by atoms with E-state index in [4.69, 9.17) is 5.11 Å². The predicted octanol–water partition coefficient (Wildman–Crippen LogP) is 1.61. The van der Waals surface area contributed by atoms with Crippen LogP contribution in [0.5, 0.6) is 0 Å². The van der Waals surface area contributed by atoms with Crippen molar-refractivity contribution < 1.29 is 9.90 Å². The summed E-state index contributed by atoms with van der Waals surface area (Å²) in [6.07, 6.45) is 2.69. The van der Waals surface area contributed by atoms with Crippen molar-refractivity contribution in [3.63, 3.8) is 0 Å². The number of aromatic carboxylic acids is 1. The number of hydrogen-bond acceptors (Lipinski definition) is 3. The second-order valence-corrected chi connectivity index (χ2v) is 5.12. The average Bonchev–Trinajstić information content (AvgIpc) is 2.88. The van der Waals surface area contributed by atoms with Gasteiger partial charge in [0.2, 0.25) is 0 Å². The molecule has 0 saturated carbocycles. The number of hydrogen-bond donors (Lipinski definition) is 1. The van der Waals surface area contributed by atoms with E-state index in [-0.39, 0.29) is 5.56 Å². The van der Waals surface area contributed by atoms with E-state index in [1.165, 1.54) is 5.56 Å². The van der Waals surface area contributed by atoms with Crippen LogP contribution in [0.1, 0.15) is 15.9 Å². The molecule has 5 nitrogen and oxygen atoms in total. The molecule has 0 saturated heterocycles. The van der Waals surface area contributed by atoms with Crippen molar-refractivity contribution in [1.82, 2.24) is 4.57 Å². The Morgan fingerprint density at radius 1 is 1.19 bits per heavy atom. The smallest absolute Gasteiger partial charge is 0.335 e. The van der Waals surface area contributed by atoms with Crippen LogP contribution in [0.4, 0.5) is 5.69 Å². The summed E-state index contributed by atoms with van der Waals surface area (Å²) in [5.74, 6) is -0.913. The SMILES string of the molecule is O=C(O)c1ccc2c(c1)N(CCn1ccccc1=O)CC2. The number of carboxylic acids is 1. The predicted molar refractivity (Wildman–Crippen MR) is 80.0 cm³/mol. The Kier molecular flexibility index (Phi) is 3.48. The molecular formula is C16H16N2O3. The van der Waals surface area contributed by atoms with Crippen LogP contribution in [0.15, 0.2) is 47.4 Å². The highest BCUT2D eigenvalue weighted by Crippen LogP contribution is 2.28. The summed E-state index contributed by atoms with van der Waals surface area (Å²) in [4.78, 5) is 24.9. The topological polar surface area (TPSA) is 62.5 Å². The standard InChI is InChI=1S/C16H16N2O3/c19-15-3-1-2-7-18(15)10-9-17-8-6-12-4-5-13(16(20)21)11-14(12)17/h1-5,7,11H,6,8-10H2,(H,20,21). The molecule has 1 aromatic carbocycles. The minimum absolute atomic E-state index is 0.0174. The van der Waals surface area contributed by atoms with E-state index in [1.807, 2.05) is 12.1 Å². The van der Waals surface area contributed by atoms with Crippen LogP contribution in [-0.4, -0.2) is 28.7 Å². The maximum Gasteiger partial charge on any atom is 0.335 e. The second-order valence-electron chi connectivity index (χ2n) is 5.12. The van der Waals surface area contributed by atoms with E-state index in [0.29, 0.717) is 18.7 Å². The molecule has 0 spiro atoms. The molecule has 2 heterocycles. The van der Waals surface area contributed by atoms with Crippen LogP contribution < -0.4 is 10.5 Å². The van der Waals surface area contributed by atoms with Crippen molar-refractivity contribution >= 4 is 11.7 Å². The number of fused-ring (bicyclic) bond motifs is 1.